The van der Waals surface area contributed by atoms with Crippen molar-refractivity contribution in [2.75, 3.05) is 5.32 Å². The molecule has 0 saturated heterocycles. The van der Waals surface area contributed by atoms with Crippen LogP contribution in [0.15, 0.2) is 30.3 Å². The Morgan fingerprint density at radius 2 is 1.30 bits per heavy atom. The summed E-state index contributed by atoms with van der Waals surface area (Å²) in [6.45, 7) is 7.42. The van der Waals surface area contributed by atoms with Crippen LogP contribution < -0.4 is 10.1 Å². The molecular formula is C23H18F7NO2. The van der Waals surface area contributed by atoms with Crippen LogP contribution in [0.5, 0.6) is 5.75 Å². The number of carbonyl (C=O) groups is 1. The minimum atomic E-state index is -2.44. The van der Waals surface area contributed by atoms with Gasteiger partial charge in [-0.15, -0.1) is 0 Å². The summed E-state index contributed by atoms with van der Waals surface area (Å²) >= 11 is 0. The third kappa shape index (κ3) is 5.10. The number of hydrogen-bond acceptors (Lipinski definition) is 3. The van der Waals surface area contributed by atoms with Crippen molar-refractivity contribution < 1.29 is 40.3 Å². The zero-order chi connectivity index (χ0) is 25.0. The number of aryl methyl sites for hydroxylation is 2. The molecule has 33 heavy (non-hydrogen) atoms. The second-order valence-corrected chi connectivity index (χ2v) is 6.52. The fourth-order valence-corrected chi connectivity index (χ4v) is 2.75. The van der Waals surface area contributed by atoms with Gasteiger partial charge in [0.2, 0.25) is 34.8 Å². The summed E-state index contributed by atoms with van der Waals surface area (Å²) in [4.78, 5) is 12.4. The Kier molecular flexibility index (Phi) is 8.08. The zero-order valence-corrected chi connectivity index (χ0v) is 17.8. The molecule has 3 aromatic rings. The van der Waals surface area contributed by atoms with Crippen LogP contribution in [0.4, 0.5) is 42.1 Å². The highest BCUT2D eigenvalue weighted by molar-refractivity contribution is 5.98. The van der Waals surface area contributed by atoms with E-state index in [1.165, 1.54) is 6.07 Å². The minimum absolute atomic E-state index is 0.264. The summed E-state index contributed by atoms with van der Waals surface area (Å²) < 4.78 is 100. The SMILES string of the molecule is CC.Cc1ccc(Nc2c(C(=O)Oc3c(F)c(F)c(F)c(F)c3F)ccc(F)c2F)c(C)c1. The predicted octanol–water partition coefficient (Wildman–Crippen LogP) is 7.27. The van der Waals surface area contributed by atoms with Gasteiger partial charge in [-0.2, -0.15) is 8.78 Å². The Morgan fingerprint density at radius 3 is 1.85 bits per heavy atom. The first kappa shape index (κ1) is 25.7. The molecule has 0 heterocycles. The quantitative estimate of drug-likeness (QED) is 0.142. The zero-order valence-electron chi connectivity index (χ0n) is 17.8. The number of nitrogens with one attached hydrogen (secondary N) is 1. The van der Waals surface area contributed by atoms with Crippen LogP contribution in [0.25, 0.3) is 0 Å². The Morgan fingerprint density at radius 1 is 0.758 bits per heavy atom. The fraction of sp³-hybridized carbons (Fsp3) is 0.174. The van der Waals surface area contributed by atoms with Gasteiger partial charge in [-0.25, -0.2) is 26.7 Å². The Labute approximate surface area is 184 Å². The maximum Gasteiger partial charge on any atom is 0.345 e. The van der Waals surface area contributed by atoms with Crippen molar-refractivity contribution >= 4 is 17.3 Å². The highest BCUT2D eigenvalue weighted by Crippen LogP contribution is 2.32. The number of benzene rings is 3. The first-order valence-electron chi connectivity index (χ1n) is 9.58. The van der Waals surface area contributed by atoms with Crippen molar-refractivity contribution in [3.8, 4) is 5.75 Å². The largest absolute Gasteiger partial charge is 0.416 e. The molecule has 3 rings (SSSR count). The molecule has 0 radical (unpaired) electrons. The van der Waals surface area contributed by atoms with Crippen LogP contribution >= 0.6 is 0 Å². The summed E-state index contributed by atoms with van der Waals surface area (Å²) in [6, 6.07) is 6.12. The topological polar surface area (TPSA) is 38.3 Å². The van der Waals surface area contributed by atoms with Crippen LogP contribution in [0.3, 0.4) is 0 Å². The lowest BCUT2D eigenvalue weighted by molar-refractivity contribution is 0.0716. The van der Waals surface area contributed by atoms with Gasteiger partial charge in [0.25, 0.3) is 0 Å². The number of halogens is 7. The van der Waals surface area contributed by atoms with E-state index >= 15 is 0 Å². The fourth-order valence-electron chi connectivity index (χ4n) is 2.75. The second-order valence-electron chi connectivity index (χ2n) is 6.52. The molecule has 0 aromatic heterocycles. The molecule has 0 amide bonds. The first-order valence-corrected chi connectivity index (χ1v) is 9.58. The molecule has 0 atom stereocenters. The van der Waals surface area contributed by atoms with Crippen LogP contribution in [-0.2, 0) is 0 Å². The third-order valence-electron chi connectivity index (χ3n) is 4.32. The average Bonchev–Trinajstić information content (AvgIpc) is 2.80. The van der Waals surface area contributed by atoms with E-state index in [4.69, 9.17) is 0 Å². The lowest BCUT2D eigenvalue weighted by Gasteiger charge is -2.15. The summed E-state index contributed by atoms with van der Waals surface area (Å²) in [5.74, 6) is -18.3. The van der Waals surface area contributed by atoms with Gasteiger partial charge in [-0.05, 0) is 37.6 Å². The van der Waals surface area contributed by atoms with Crippen molar-refractivity contribution in [1.29, 1.82) is 0 Å². The highest BCUT2D eigenvalue weighted by Gasteiger charge is 2.30. The van der Waals surface area contributed by atoms with Crippen LogP contribution in [-0.4, -0.2) is 5.97 Å². The molecule has 0 aliphatic carbocycles. The molecular weight excluding hydrogens is 455 g/mol. The van der Waals surface area contributed by atoms with E-state index in [0.717, 1.165) is 11.6 Å². The highest BCUT2D eigenvalue weighted by atomic mass is 19.2. The van der Waals surface area contributed by atoms with Gasteiger partial charge in [0.15, 0.2) is 11.6 Å². The van der Waals surface area contributed by atoms with E-state index in [1.54, 1.807) is 26.0 Å². The molecule has 3 aromatic carbocycles. The van der Waals surface area contributed by atoms with E-state index < -0.39 is 63.7 Å². The van der Waals surface area contributed by atoms with Crippen molar-refractivity contribution in [3.63, 3.8) is 0 Å². The summed E-state index contributed by atoms with van der Waals surface area (Å²) in [6.07, 6.45) is 0. The lowest BCUT2D eigenvalue weighted by Crippen LogP contribution is -2.16. The van der Waals surface area contributed by atoms with Crippen molar-refractivity contribution in [2.45, 2.75) is 27.7 Å². The van der Waals surface area contributed by atoms with Gasteiger partial charge in [0.1, 0.15) is 0 Å². The van der Waals surface area contributed by atoms with Crippen LogP contribution in [0, 0.1) is 54.6 Å². The van der Waals surface area contributed by atoms with E-state index in [2.05, 4.69) is 10.1 Å². The van der Waals surface area contributed by atoms with E-state index in [1.807, 2.05) is 13.8 Å². The lowest BCUT2D eigenvalue weighted by atomic mass is 10.1. The van der Waals surface area contributed by atoms with Gasteiger partial charge >= 0.3 is 5.97 Å². The van der Waals surface area contributed by atoms with Crippen molar-refractivity contribution in [1.82, 2.24) is 0 Å². The molecule has 0 saturated carbocycles. The Hall–Kier alpha value is -3.56. The minimum Gasteiger partial charge on any atom is -0.416 e. The summed E-state index contributed by atoms with van der Waals surface area (Å²) in [5.41, 5.74) is 0.209. The van der Waals surface area contributed by atoms with Gasteiger partial charge < -0.3 is 10.1 Å². The Bertz CT molecular complexity index is 1180. The van der Waals surface area contributed by atoms with Gasteiger partial charge in [0.05, 0.1) is 11.3 Å². The maximum absolute atomic E-state index is 14.4. The number of rotatable bonds is 4. The molecule has 0 aliphatic heterocycles. The smallest absolute Gasteiger partial charge is 0.345 e. The van der Waals surface area contributed by atoms with Crippen molar-refractivity contribution in [2.24, 2.45) is 0 Å². The molecule has 0 aliphatic rings. The molecule has 1 N–H and O–H groups in total. The van der Waals surface area contributed by atoms with Crippen LogP contribution in [0.2, 0.25) is 0 Å². The summed E-state index contributed by atoms with van der Waals surface area (Å²) in [7, 11) is 0. The van der Waals surface area contributed by atoms with E-state index in [-0.39, 0.29) is 5.69 Å². The van der Waals surface area contributed by atoms with Crippen molar-refractivity contribution in [3.05, 3.63) is 87.7 Å². The predicted molar refractivity (Wildman–Crippen MR) is 108 cm³/mol. The molecule has 176 valence electrons. The maximum atomic E-state index is 14.4. The molecule has 10 heteroatoms. The average molecular weight is 473 g/mol. The van der Waals surface area contributed by atoms with Crippen LogP contribution in [0.1, 0.15) is 35.3 Å². The van der Waals surface area contributed by atoms with Gasteiger partial charge in [-0.3, -0.25) is 0 Å². The number of hydrogen-bond donors (Lipinski definition) is 1. The molecule has 0 fully saturated rings. The first-order chi connectivity index (χ1) is 15.5. The number of anilines is 2. The standard InChI is InChI=1S/C21H12F7NO2.C2H6/c1-8-3-6-12(9(2)7-8)29-19-10(4-5-11(22)13(19)23)21(30)31-20-17(27)15(25)14(24)16(26)18(20)28;1-2/h3-7,29H,1-2H3;1-2H3. The molecule has 0 bridgehead atoms. The number of carbonyl (C=O) groups excluding carboxylic acids is 1. The van der Waals surface area contributed by atoms with Gasteiger partial charge in [0, 0.05) is 5.69 Å². The second kappa shape index (κ2) is 10.4. The molecule has 0 spiro atoms. The Balaban J connectivity index is 0.00000187. The molecule has 0 unspecified atom stereocenters. The molecule has 3 nitrogen and oxygen atoms in total. The summed E-state index contributed by atoms with van der Waals surface area (Å²) in [5, 5.41) is 2.49. The van der Waals surface area contributed by atoms with E-state index in [9.17, 15) is 35.5 Å². The van der Waals surface area contributed by atoms with Gasteiger partial charge in [-0.1, -0.05) is 31.5 Å². The normalized spacial score (nSPS) is 10.4. The number of esters is 1. The monoisotopic (exact) mass is 473 g/mol. The number of ether oxygens (including phenoxy) is 1. The third-order valence-corrected chi connectivity index (χ3v) is 4.32. The van der Waals surface area contributed by atoms with E-state index in [0.29, 0.717) is 11.6 Å².